The molecule has 1 aliphatic rings. The number of anilines is 1. The number of hydrogen-bond acceptors (Lipinski definition) is 4. The molecule has 0 spiro atoms. The van der Waals surface area contributed by atoms with Gasteiger partial charge in [0.25, 0.3) is 11.6 Å². The fraction of sp³-hybridized carbons (Fsp3) is 0.300. The number of rotatable bonds is 4. The van der Waals surface area contributed by atoms with Crippen molar-refractivity contribution in [3.8, 4) is 0 Å². The molecule has 2 aromatic carbocycles. The van der Waals surface area contributed by atoms with Crippen molar-refractivity contribution in [3.63, 3.8) is 0 Å². The Bertz CT molecular complexity index is 914. The van der Waals surface area contributed by atoms with Crippen LogP contribution >= 0.6 is 0 Å². The Morgan fingerprint density at radius 2 is 1.93 bits per heavy atom. The molecule has 146 valence electrons. The number of amides is 2. The number of nitrogens with zero attached hydrogens (tertiary/aromatic N) is 2. The van der Waals surface area contributed by atoms with Gasteiger partial charge in [-0.2, -0.15) is 0 Å². The summed E-state index contributed by atoms with van der Waals surface area (Å²) in [6.45, 7) is 2.35. The number of hydrogen-bond donors (Lipinski definition) is 1. The van der Waals surface area contributed by atoms with Gasteiger partial charge in [0.15, 0.2) is 0 Å². The average molecular weight is 385 g/mol. The number of nitro benzene ring substituents is 1. The molecule has 1 N–H and O–H groups in total. The standard InChI is InChI=1S/C20H20FN3O4/c1-13-17(5-2-6-18(13)24(27)28)22-19(25)15-4-3-11-23(12-15)20(26)14-7-9-16(21)10-8-14/h2,5-10,15H,3-4,11-12H2,1H3,(H,22,25). The second kappa shape index (κ2) is 8.16. The lowest BCUT2D eigenvalue weighted by Crippen LogP contribution is -2.43. The van der Waals surface area contributed by atoms with Crippen LogP contribution in [0, 0.1) is 28.8 Å². The van der Waals surface area contributed by atoms with Crippen LogP contribution in [0.1, 0.15) is 28.8 Å². The number of likely N-dealkylation sites (tertiary alicyclic amines) is 1. The number of benzene rings is 2. The van der Waals surface area contributed by atoms with Crippen LogP contribution in [0.4, 0.5) is 15.8 Å². The summed E-state index contributed by atoms with van der Waals surface area (Å²) in [6.07, 6.45) is 1.28. The van der Waals surface area contributed by atoms with Crippen LogP contribution < -0.4 is 5.32 Å². The van der Waals surface area contributed by atoms with E-state index in [9.17, 15) is 24.1 Å². The van der Waals surface area contributed by atoms with E-state index in [0.29, 0.717) is 36.2 Å². The molecule has 0 aliphatic carbocycles. The van der Waals surface area contributed by atoms with Crippen LogP contribution in [0.3, 0.4) is 0 Å². The van der Waals surface area contributed by atoms with Gasteiger partial charge in [-0.3, -0.25) is 19.7 Å². The highest BCUT2D eigenvalue weighted by atomic mass is 19.1. The van der Waals surface area contributed by atoms with Gasteiger partial charge in [-0.1, -0.05) is 6.07 Å². The van der Waals surface area contributed by atoms with Gasteiger partial charge in [-0.15, -0.1) is 0 Å². The van der Waals surface area contributed by atoms with Crippen LogP contribution in [0.2, 0.25) is 0 Å². The smallest absolute Gasteiger partial charge is 0.274 e. The maximum atomic E-state index is 13.1. The zero-order valence-electron chi connectivity index (χ0n) is 15.4. The van der Waals surface area contributed by atoms with Gasteiger partial charge in [0.2, 0.25) is 5.91 Å². The molecule has 0 saturated carbocycles. The van der Waals surface area contributed by atoms with Crippen LogP contribution in [-0.2, 0) is 4.79 Å². The highest BCUT2D eigenvalue weighted by Gasteiger charge is 2.29. The van der Waals surface area contributed by atoms with Crippen LogP contribution in [0.5, 0.6) is 0 Å². The molecule has 8 heteroatoms. The lowest BCUT2D eigenvalue weighted by atomic mass is 9.96. The molecule has 28 heavy (non-hydrogen) atoms. The molecule has 1 atom stereocenters. The Kier molecular flexibility index (Phi) is 5.67. The van der Waals surface area contributed by atoms with E-state index in [1.165, 1.54) is 36.4 Å². The third-order valence-electron chi connectivity index (χ3n) is 4.93. The van der Waals surface area contributed by atoms with E-state index in [0.717, 1.165) is 0 Å². The number of carbonyl (C=O) groups excluding carboxylic acids is 2. The van der Waals surface area contributed by atoms with Crippen molar-refractivity contribution in [1.29, 1.82) is 0 Å². The summed E-state index contributed by atoms with van der Waals surface area (Å²) in [6, 6.07) is 9.83. The molecule has 1 unspecified atom stereocenters. The largest absolute Gasteiger partial charge is 0.338 e. The third-order valence-corrected chi connectivity index (χ3v) is 4.93. The normalized spacial score (nSPS) is 16.5. The lowest BCUT2D eigenvalue weighted by molar-refractivity contribution is -0.385. The highest BCUT2D eigenvalue weighted by molar-refractivity contribution is 5.96. The lowest BCUT2D eigenvalue weighted by Gasteiger charge is -2.32. The Morgan fingerprint density at radius 1 is 1.21 bits per heavy atom. The van der Waals surface area contributed by atoms with Gasteiger partial charge in [0.05, 0.1) is 22.1 Å². The van der Waals surface area contributed by atoms with Gasteiger partial charge >= 0.3 is 0 Å². The summed E-state index contributed by atoms with van der Waals surface area (Å²) in [5, 5.41) is 13.8. The first-order chi connectivity index (χ1) is 13.4. The van der Waals surface area contributed by atoms with Crippen LogP contribution in [-0.4, -0.2) is 34.7 Å². The summed E-state index contributed by atoms with van der Waals surface area (Å²) in [7, 11) is 0. The monoisotopic (exact) mass is 385 g/mol. The molecular formula is C20H20FN3O4. The molecule has 2 aromatic rings. The molecule has 3 rings (SSSR count). The van der Waals surface area contributed by atoms with Crippen molar-refractivity contribution in [2.24, 2.45) is 5.92 Å². The van der Waals surface area contributed by atoms with Gasteiger partial charge in [-0.05, 0) is 50.1 Å². The predicted molar refractivity (Wildman–Crippen MR) is 101 cm³/mol. The molecule has 1 heterocycles. The SMILES string of the molecule is Cc1c(NC(=O)C2CCCN(C(=O)c3ccc(F)cc3)C2)cccc1[N+](=O)[O-]. The first kappa shape index (κ1) is 19.5. The summed E-state index contributed by atoms with van der Waals surface area (Å²) < 4.78 is 13.1. The van der Waals surface area contributed by atoms with E-state index in [4.69, 9.17) is 0 Å². The number of halogens is 1. The number of nitrogens with one attached hydrogen (secondary N) is 1. The van der Waals surface area contributed by atoms with E-state index < -0.39 is 16.7 Å². The van der Waals surface area contributed by atoms with E-state index in [1.807, 2.05) is 0 Å². The van der Waals surface area contributed by atoms with E-state index >= 15 is 0 Å². The average Bonchev–Trinajstić information content (AvgIpc) is 2.69. The third kappa shape index (κ3) is 4.16. The minimum Gasteiger partial charge on any atom is -0.338 e. The Morgan fingerprint density at radius 3 is 2.61 bits per heavy atom. The number of piperidine rings is 1. The minimum absolute atomic E-state index is 0.0606. The quantitative estimate of drug-likeness (QED) is 0.644. The van der Waals surface area contributed by atoms with Crippen molar-refractivity contribution in [2.45, 2.75) is 19.8 Å². The molecular weight excluding hydrogens is 365 g/mol. The van der Waals surface area contributed by atoms with Gasteiger partial charge < -0.3 is 10.2 Å². The van der Waals surface area contributed by atoms with Gasteiger partial charge in [0, 0.05) is 24.7 Å². The van der Waals surface area contributed by atoms with Gasteiger partial charge in [0.1, 0.15) is 5.82 Å². The Labute approximate surface area is 161 Å². The Balaban J connectivity index is 1.69. The maximum Gasteiger partial charge on any atom is 0.274 e. The second-order valence-corrected chi connectivity index (χ2v) is 6.79. The first-order valence-corrected chi connectivity index (χ1v) is 8.96. The van der Waals surface area contributed by atoms with Crippen molar-refractivity contribution in [3.05, 3.63) is 69.5 Å². The highest BCUT2D eigenvalue weighted by Crippen LogP contribution is 2.27. The summed E-state index contributed by atoms with van der Waals surface area (Å²) in [5.41, 5.74) is 1.09. The Hall–Kier alpha value is -3.29. The van der Waals surface area contributed by atoms with Crippen molar-refractivity contribution >= 4 is 23.2 Å². The number of carbonyl (C=O) groups is 2. The van der Waals surface area contributed by atoms with E-state index in [-0.39, 0.29) is 24.0 Å². The van der Waals surface area contributed by atoms with Crippen molar-refractivity contribution in [2.75, 3.05) is 18.4 Å². The van der Waals surface area contributed by atoms with Crippen molar-refractivity contribution < 1.29 is 18.9 Å². The van der Waals surface area contributed by atoms with Crippen molar-refractivity contribution in [1.82, 2.24) is 4.90 Å². The summed E-state index contributed by atoms with van der Waals surface area (Å²) >= 11 is 0. The second-order valence-electron chi connectivity index (χ2n) is 6.79. The zero-order chi connectivity index (χ0) is 20.3. The molecule has 0 radical (unpaired) electrons. The summed E-state index contributed by atoms with van der Waals surface area (Å²) in [5.74, 6) is -1.36. The number of nitro groups is 1. The molecule has 0 bridgehead atoms. The molecule has 0 aromatic heterocycles. The molecule has 7 nitrogen and oxygen atoms in total. The topological polar surface area (TPSA) is 92.6 Å². The van der Waals surface area contributed by atoms with Crippen LogP contribution in [0.15, 0.2) is 42.5 Å². The minimum atomic E-state index is -0.491. The maximum absolute atomic E-state index is 13.1. The van der Waals surface area contributed by atoms with E-state index in [2.05, 4.69) is 5.32 Å². The fourth-order valence-corrected chi connectivity index (χ4v) is 3.34. The molecule has 2 amide bonds. The molecule has 1 fully saturated rings. The zero-order valence-corrected chi connectivity index (χ0v) is 15.4. The van der Waals surface area contributed by atoms with E-state index in [1.54, 1.807) is 17.9 Å². The fourth-order valence-electron chi connectivity index (χ4n) is 3.34. The molecule has 1 saturated heterocycles. The van der Waals surface area contributed by atoms with Crippen LogP contribution in [0.25, 0.3) is 0 Å². The molecule has 1 aliphatic heterocycles. The first-order valence-electron chi connectivity index (χ1n) is 8.96. The summed E-state index contributed by atoms with van der Waals surface area (Å²) in [4.78, 5) is 37.4. The van der Waals surface area contributed by atoms with Gasteiger partial charge in [-0.25, -0.2) is 4.39 Å². The predicted octanol–water partition coefficient (Wildman–Crippen LogP) is 3.53.